The standard InChI is InChI=1S/C27H23ClF5N3O4/c1-15-2-4-16(5-3-15)13-26(22-7-6-18(28)14-34-22,36-25(38)35-21-8-9-39-23(21)37)17-10-19(29)12-20(11-17)40-27(32,33)24(30)31/h2-7,10-12,14,21,24H,8-9,13H2,1H3,(H2,35,36,38)/t21?,26-/m0/s1. The number of urea groups is 1. The molecule has 2 atom stereocenters. The van der Waals surface area contributed by atoms with Crippen LogP contribution in [0.5, 0.6) is 5.75 Å². The quantitative estimate of drug-likeness (QED) is 0.256. The average Bonchev–Trinajstić information content (AvgIpc) is 3.28. The van der Waals surface area contributed by atoms with Gasteiger partial charge in [-0.3, -0.25) is 4.98 Å². The molecule has 1 aliphatic rings. The zero-order valence-corrected chi connectivity index (χ0v) is 21.7. The van der Waals surface area contributed by atoms with E-state index >= 15 is 0 Å². The maximum Gasteiger partial charge on any atom is 0.461 e. The number of esters is 1. The number of cyclic esters (lactones) is 1. The number of benzene rings is 2. The molecule has 1 saturated heterocycles. The maximum absolute atomic E-state index is 14.9. The summed E-state index contributed by atoms with van der Waals surface area (Å²) in [6.45, 7) is 1.95. The molecule has 2 amide bonds. The molecule has 13 heteroatoms. The lowest BCUT2D eigenvalue weighted by molar-refractivity contribution is -0.253. The van der Waals surface area contributed by atoms with E-state index in [2.05, 4.69) is 20.4 Å². The summed E-state index contributed by atoms with van der Waals surface area (Å²) in [5.41, 5.74) is -0.342. The third-order valence-electron chi connectivity index (χ3n) is 6.19. The molecule has 1 aliphatic heterocycles. The van der Waals surface area contributed by atoms with Crippen molar-refractivity contribution in [3.05, 3.63) is 94.0 Å². The van der Waals surface area contributed by atoms with Crippen LogP contribution in [0.2, 0.25) is 5.02 Å². The largest absolute Gasteiger partial charge is 0.464 e. The average molecular weight is 584 g/mol. The number of hydrogen-bond donors (Lipinski definition) is 2. The van der Waals surface area contributed by atoms with Gasteiger partial charge in [-0.1, -0.05) is 41.4 Å². The SMILES string of the molecule is Cc1ccc(C[C@](NC(=O)NC2CCOC2=O)(c2cc(F)cc(OC(F)(F)C(F)F)c2)c2ccc(Cl)cn2)cc1. The molecule has 3 aromatic rings. The molecule has 40 heavy (non-hydrogen) atoms. The monoisotopic (exact) mass is 583 g/mol. The maximum atomic E-state index is 14.9. The fourth-order valence-corrected chi connectivity index (χ4v) is 4.36. The van der Waals surface area contributed by atoms with Gasteiger partial charge in [-0.15, -0.1) is 0 Å². The summed E-state index contributed by atoms with van der Waals surface area (Å²) in [6, 6.07) is 10.4. The van der Waals surface area contributed by atoms with E-state index in [0.29, 0.717) is 11.6 Å². The van der Waals surface area contributed by atoms with Crippen LogP contribution in [0.1, 0.15) is 28.8 Å². The first-order chi connectivity index (χ1) is 18.9. The van der Waals surface area contributed by atoms with Gasteiger partial charge in [0.1, 0.15) is 23.1 Å². The first kappa shape index (κ1) is 29.1. The smallest absolute Gasteiger partial charge is 0.461 e. The molecule has 4 rings (SSSR count). The van der Waals surface area contributed by atoms with Crippen LogP contribution in [-0.4, -0.2) is 42.2 Å². The number of nitrogens with one attached hydrogen (secondary N) is 2. The highest BCUT2D eigenvalue weighted by Crippen LogP contribution is 2.37. The van der Waals surface area contributed by atoms with Crippen LogP contribution < -0.4 is 15.4 Å². The van der Waals surface area contributed by atoms with Crippen LogP contribution in [0.15, 0.2) is 60.8 Å². The van der Waals surface area contributed by atoms with Crippen molar-refractivity contribution in [1.29, 1.82) is 0 Å². The predicted molar refractivity (Wildman–Crippen MR) is 134 cm³/mol. The third-order valence-corrected chi connectivity index (χ3v) is 6.42. The van der Waals surface area contributed by atoms with Crippen LogP contribution in [0.4, 0.5) is 26.7 Å². The molecule has 0 spiro atoms. The number of hydrogen-bond acceptors (Lipinski definition) is 5. The van der Waals surface area contributed by atoms with Crippen LogP contribution in [0.25, 0.3) is 0 Å². The molecule has 0 radical (unpaired) electrons. The van der Waals surface area contributed by atoms with E-state index in [1.54, 1.807) is 24.3 Å². The Morgan fingerprint density at radius 3 is 2.50 bits per heavy atom. The number of rotatable bonds is 9. The first-order valence-corrected chi connectivity index (χ1v) is 12.3. The van der Waals surface area contributed by atoms with Gasteiger partial charge in [-0.2, -0.15) is 17.6 Å². The third kappa shape index (κ3) is 6.61. The summed E-state index contributed by atoms with van der Waals surface area (Å²) in [5, 5.41) is 5.43. The van der Waals surface area contributed by atoms with E-state index < -0.39 is 47.7 Å². The van der Waals surface area contributed by atoms with Crippen LogP contribution in [-0.2, 0) is 21.5 Å². The number of aryl methyl sites for hydroxylation is 1. The van der Waals surface area contributed by atoms with Crippen molar-refractivity contribution in [2.24, 2.45) is 0 Å². The molecule has 2 heterocycles. The lowest BCUT2D eigenvalue weighted by Gasteiger charge is -2.36. The Kier molecular flexibility index (Phi) is 8.48. The van der Waals surface area contributed by atoms with Crippen molar-refractivity contribution in [3.63, 3.8) is 0 Å². The number of ether oxygens (including phenoxy) is 2. The molecule has 212 valence electrons. The van der Waals surface area contributed by atoms with Crippen molar-refractivity contribution >= 4 is 23.6 Å². The zero-order chi connectivity index (χ0) is 29.1. The van der Waals surface area contributed by atoms with Crippen molar-refractivity contribution in [2.75, 3.05) is 6.61 Å². The molecule has 2 N–H and O–H groups in total. The summed E-state index contributed by atoms with van der Waals surface area (Å²) < 4.78 is 77.2. The summed E-state index contributed by atoms with van der Waals surface area (Å²) in [7, 11) is 0. The van der Waals surface area contributed by atoms with Crippen LogP contribution >= 0.6 is 11.6 Å². The van der Waals surface area contributed by atoms with Gasteiger partial charge in [0.2, 0.25) is 0 Å². The van der Waals surface area contributed by atoms with Gasteiger partial charge in [-0.25, -0.2) is 14.0 Å². The Balaban J connectivity index is 1.87. The predicted octanol–water partition coefficient (Wildman–Crippen LogP) is 5.52. The van der Waals surface area contributed by atoms with E-state index in [-0.39, 0.29) is 35.7 Å². The Bertz CT molecular complexity index is 1380. The number of amides is 2. The molecular formula is C27H23ClF5N3O4. The molecular weight excluding hydrogens is 561 g/mol. The Morgan fingerprint density at radius 1 is 1.18 bits per heavy atom. The Morgan fingerprint density at radius 2 is 1.90 bits per heavy atom. The number of nitrogens with zero attached hydrogens (tertiary/aromatic N) is 1. The summed E-state index contributed by atoms with van der Waals surface area (Å²) in [6.07, 6.45) is -7.76. The fourth-order valence-electron chi connectivity index (χ4n) is 4.25. The molecule has 1 fully saturated rings. The second kappa shape index (κ2) is 11.7. The summed E-state index contributed by atoms with van der Waals surface area (Å²) in [5.74, 6) is -2.68. The zero-order valence-electron chi connectivity index (χ0n) is 20.9. The van der Waals surface area contributed by atoms with Gasteiger partial charge in [-0.05, 0) is 42.3 Å². The molecule has 0 aliphatic carbocycles. The fraction of sp³-hybridized carbons (Fsp3) is 0.296. The highest BCUT2D eigenvalue weighted by atomic mass is 35.5. The Hall–Kier alpha value is -3.93. The molecule has 0 bridgehead atoms. The minimum atomic E-state index is -4.92. The van der Waals surface area contributed by atoms with Crippen molar-refractivity contribution < 1.29 is 41.0 Å². The lowest BCUT2D eigenvalue weighted by atomic mass is 9.80. The molecule has 7 nitrogen and oxygen atoms in total. The van der Waals surface area contributed by atoms with Gasteiger partial charge in [0, 0.05) is 25.1 Å². The second-order valence-corrected chi connectivity index (χ2v) is 9.61. The van der Waals surface area contributed by atoms with Crippen LogP contribution in [0.3, 0.4) is 0 Å². The molecule has 1 unspecified atom stereocenters. The second-order valence-electron chi connectivity index (χ2n) is 9.18. The first-order valence-electron chi connectivity index (χ1n) is 12.0. The minimum Gasteiger partial charge on any atom is -0.464 e. The minimum absolute atomic E-state index is 0.0961. The van der Waals surface area contributed by atoms with Gasteiger partial charge in [0.05, 0.1) is 17.3 Å². The summed E-state index contributed by atoms with van der Waals surface area (Å²) in [4.78, 5) is 29.5. The topological polar surface area (TPSA) is 89.6 Å². The number of halogens is 6. The molecule has 1 aromatic heterocycles. The normalized spacial score (nSPS) is 16.8. The molecule has 2 aromatic carbocycles. The van der Waals surface area contributed by atoms with Gasteiger partial charge >= 0.3 is 24.5 Å². The van der Waals surface area contributed by atoms with Crippen molar-refractivity contribution in [1.82, 2.24) is 15.6 Å². The van der Waals surface area contributed by atoms with Crippen molar-refractivity contribution in [3.8, 4) is 5.75 Å². The van der Waals surface area contributed by atoms with Crippen molar-refractivity contribution in [2.45, 2.75) is 43.9 Å². The van der Waals surface area contributed by atoms with E-state index in [9.17, 15) is 31.5 Å². The number of alkyl halides is 4. The van der Waals surface area contributed by atoms with E-state index in [4.69, 9.17) is 16.3 Å². The number of pyridine rings is 1. The molecule has 0 saturated carbocycles. The van der Waals surface area contributed by atoms with Gasteiger partial charge < -0.3 is 20.1 Å². The van der Waals surface area contributed by atoms with Gasteiger partial charge in [0.15, 0.2) is 0 Å². The summed E-state index contributed by atoms with van der Waals surface area (Å²) >= 11 is 6.03. The highest BCUT2D eigenvalue weighted by molar-refractivity contribution is 6.30. The lowest BCUT2D eigenvalue weighted by Crippen LogP contribution is -2.55. The van der Waals surface area contributed by atoms with E-state index in [1.807, 2.05) is 6.92 Å². The van der Waals surface area contributed by atoms with Crippen LogP contribution in [0, 0.1) is 12.7 Å². The van der Waals surface area contributed by atoms with Gasteiger partial charge in [0.25, 0.3) is 0 Å². The Labute approximate surface area is 230 Å². The number of aromatic nitrogens is 1. The number of carbonyl (C=O) groups is 2. The highest BCUT2D eigenvalue weighted by Gasteiger charge is 2.45. The van der Waals surface area contributed by atoms with E-state index in [1.165, 1.54) is 18.3 Å². The number of carbonyl (C=O) groups excluding carboxylic acids is 2. The van der Waals surface area contributed by atoms with E-state index in [0.717, 1.165) is 17.7 Å².